The van der Waals surface area contributed by atoms with Crippen LogP contribution in [0.15, 0.2) is 48.5 Å². The molecule has 130 valence electrons. The first-order chi connectivity index (χ1) is 12.2. The van der Waals surface area contributed by atoms with Gasteiger partial charge < -0.3 is 19.9 Å². The lowest BCUT2D eigenvalue weighted by atomic mass is 9.98. The molecule has 0 aliphatic heterocycles. The van der Waals surface area contributed by atoms with Crippen LogP contribution in [0.2, 0.25) is 0 Å². The van der Waals surface area contributed by atoms with Gasteiger partial charge in [-0.05, 0) is 22.3 Å². The van der Waals surface area contributed by atoms with Crippen LogP contribution < -0.4 is 5.32 Å². The number of carbonyl (C=O) groups excluding carboxylic acids is 2. The number of alkyl carbamates (subject to hydrolysis) is 1. The lowest BCUT2D eigenvalue weighted by Crippen LogP contribution is -2.44. The summed E-state index contributed by atoms with van der Waals surface area (Å²) in [5, 5.41) is 11.4. The van der Waals surface area contributed by atoms with Gasteiger partial charge in [0.25, 0.3) is 0 Å². The molecule has 0 saturated carbocycles. The SMILES string of the molecule is COC(=O)[C@H](CO)NC(=O)OCC1c2ccccc2-c2ccccc21. The number of nitrogens with one attached hydrogen (secondary N) is 1. The zero-order valence-corrected chi connectivity index (χ0v) is 13.8. The zero-order valence-electron chi connectivity index (χ0n) is 13.8. The predicted octanol–water partition coefficient (Wildman–Crippen LogP) is 2.06. The summed E-state index contributed by atoms with van der Waals surface area (Å²) >= 11 is 0. The third-order valence-corrected chi connectivity index (χ3v) is 4.30. The second-order valence-electron chi connectivity index (χ2n) is 5.73. The van der Waals surface area contributed by atoms with Crippen molar-refractivity contribution in [2.24, 2.45) is 0 Å². The van der Waals surface area contributed by atoms with Crippen molar-refractivity contribution in [2.75, 3.05) is 20.3 Å². The van der Waals surface area contributed by atoms with Crippen molar-refractivity contribution in [1.29, 1.82) is 0 Å². The number of benzene rings is 2. The van der Waals surface area contributed by atoms with Crippen molar-refractivity contribution in [3.05, 3.63) is 59.7 Å². The highest BCUT2D eigenvalue weighted by atomic mass is 16.6. The van der Waals surface area contributed by atoms with Crippen LogP contribution in [0, 0.1) is 0 Å². The number of aliphatic hydroxyl groups excluding tert-OH is 1. The molecule has 0 aromatic heterocycles. The fraction of sp³-hybridized carbons (Fsp3) is 0.263. The summed E-state index contributed by atoms with van der Waals surface area (Å²) in [5.41, 5.74) is 4.47. The maximum Gasteiger partial charge on any atom is 0.407 e. The number of amides is 1. The van der Waals surface area contributed by atoms with Gasteiger partial charge in [0, 0.05) is 5.92 Å². The summed E-state index contributed by atoms with van der Waals surface area (Å²) in [6, 6.07) is 14.9. The number of rotatable bonds is 5. The largest absolute Gasteiger partial charge is 0.467 e. The molecule has 2 aromatic rings. The van der Waals surface area contributed by atoms with Crippen LogP contribution in [0.3, 0.4) is 0 Å². The van der Waals surface area contributed by atoms with E-state index in [1.165, 1.54) is 7.11 Å². The molecule has 1 aliphatic carbocycles. The number of carbonyl (C=O) groups is 2. The Hall–Kier alpha value is -2.86. The fourth-order valence-electron chi connectivity index (χ4n) is 3.10. The number of esters is 1. The molecular formula is C19H19NO5. The highest BCUT2D eigenvalue weighted by Gasteiger charge is 2.29. The van der Waals surface area contributed by atoms with E-state index in [9.17, 15) is 9.59 Å². The number of fused-ring (bicyclic) bond motifs is 3. The monoisotopic (exact) mass is 341 g/mol. The summed E-state index contributed by atoms with van der Waals surface area (Å²) in [7, 11) is 1.18. The fourth-order valence-corrected chi connectivity index (χ4v) is 3.10. The molecule has 0 unspecified atom stereocenters. The molecule has 6 heteroatoms. The van der Waals surface area contributed by atoms with Crippen molar-refractivity contribution in [1.82, 2.24) is 5.32 Å². The zero-order chi connectivity index (χ0) is 17.8. The summed E-state index contributed by atoms with van der Waals surface area (Å²) in [5.74, 6) is -0.792. The van der Waals surface area contributed by atoms with Crippen LogP contribution in [-0.4, -0.2) is 43.5 Å². The quantitative estimate of drug-likeness (QED) is 0.813. The van der Waals surface area contributed by atoms with Crippen LogP contribution in [0.4, 0.5) is 4.79 Å². The van der Waals surface area contributed by atoms with Crippen LogP contribution in [0.5, 0.6) is 0 Å². The lowest BCUT2D eigenvalue weighted by Gasteiger charge is -2.17. The van der Waals surface area contributed by atoms with Crippen LogP contribution >= 0.6 is 0 Å². The van der Waals surface area contributed by atoms with Gasteiger partial charge in [0.1, 0.15) is 6.61 Å². The molecule has 0 spiro atoms. The van der Waals surface area contributed by atoms with Crippen LogP contribution in [0.25, 0.3) is 11.1 Å². The van der Waals surface area contributed by atoms with E-state index >= 15 is 0 Å². The van der Waals surface area contributed by atoms with Crippen molar-refractivity contribution in [3.63, 3.8) is 0 Å². The van der Waals surface area contributed by atoms with Gasteiger partial charge in [0.2, 0.25) is 0 Å². The highest BCUT2D eigenvalue weighted by molar-refractivity contribution is 5.82. The Kier molecular flexibility index (Phi) is 5.00. The molecule has 0 fully saturated rings. The van der Waals surface area contributed by atoms with E-state index in [-0.39, 0.29) is 12.5 Å². The average molecular weight is 341 g/mol. The van der Waals surface area contributed by atoms with Gasteiger partial charge in [-0.1, -0.05) is 48.5 Å². The number of ether oxygens (including phenoxy) is 2. The third kappa shape index (κ3) is 3.34. The Morgan fingerprint density at radius 2 is 1.64 bits per heavy atom. The first-order valence-electron chi connectivity index (χ1n) is 7.96. The molecule has 0 saturated heterocycles. The summed E-state index contributed by atoms with van der Waals surface area (Å²) in [4.78, 5) is 23.4. The van der Waals surface area contributed by atoms with Gasteiger partial charge >= 0.3 is 12.1 Å². The topological polar surface area (TPSA) is 84.9 Å². The summed E-state index contributed by atoms with van der Waals surface area (Å²) in [6.45, 7) is -0.421. The Balaban J connectivity index is 1.71. The standard InChI is InChI=1S/C19H19NO5/c1-24-18(22)17(10-21)20-19(23)25-11-16-14-8-4-2-6-12(14)13-7-3-5-9-15(13)16/h2-9,16-17,21H,10-11H2,1H3,(H,20,23)/t17-/m0/s1. The van der Waals surface area contributed by atoms with Crippen molar-refractivity contribution in [2.45, 2.75) is 12.0 Å². The Morgan fingerprint density at radius 1 is 1.08 bits per heavy atom. The van der Waals surface area contributed by atoms with E-state index in [1.54, 1.807) is 0 Å². The molecule has 1 atom stereocenters. The van der Waals surface area contributed by atoms with Gasteiger partial charge in [-0.3, -0.25) is 0 Å². The van der Waals surface area contributed by atoms with Crippen molar-refractivity contribution in [3.8, 4) is 11.1 Å². The Morgan fingerprint density at radius 3 is 2.16 bits per heavy atom. The smallest absolute Gasteiger partial charge is 0.407 e. The first-order valence-corrected chi connectivity index (χ1v) is 7.96. The number of aliphatic hydroxyl groups is 1. The average Bonchev–Trinajstić information content (AvgIpc) is 2.98. The highest BCUT2D eigenvalue weighted by Crippen LogP contribution is 2.44. The van der Waals surface area contributed by atoms with Gasteiger partial charge in [-0.2, -0.15) is 0 Å². The molecule has 2 aromatic carbocycles. The molecule has 0 heterocycles. The second kappa shape index (κ2) is 7.36. The predicted molar refractivity (Wildman–Crippen MR) is 91.1 cm³/mol. The van der Waals surface area contributed by atoms with E-state index in [4.69, 9.17) is 9.84 Å². The molecule has 0 bridgehead atoms. The van der Waals surface area contributed by atoms with Gasteiger partial charge in [-0.15, -0.1) is 0 Å². The van der Waals surface area contributed by atoms with Crippen LogP contribution in [0.1, 0.15) is 17.0 Å². The van der Waals surface area contributed by atoms with E-state index in [1.807, 2.05) is 48.5 Å². The second-order valence-corrected chi connectivity index (χ2v) is 5.73. The third-order valence-electron chi connectivity index (χ3n) is 4.30. The molecular weight excluding hydrogens is 322 g/mol. The van der Waals surface area contributed by atoms with Gasteiger partial charge in [-0.25, -0.2) is 9.59 Å². The van der Waals surface area contributed by atoms with Crippen molar-refractivity contribution >= 4 is 12.1 Å². The molecule has 2 N–H and O–H groups in total. The Bertz CT molecular complexity index is 743. The summed E-state index contributed by atoms with van der Waals surface area (Å²) < 4.78 is 9.80. The first kappa shape index (κ1) is 17.0. The van der Waals surface area contributed by atoms with E-state index in [0.717, 1.165) is 22.3 Å². The van der Waals surface area contributed by atoms with Crippen molar-refractivity contribution < 1.29 is 24.2 Å². The van der Waals surface area contributed by atoms with E-state index < -0.39 is 24.7 Å². The minimum atomic E-state index is -1.14. The molecule has 1 aliphatic rings. The minimum Gasteiger partial charge on any atom is -0.467 e. The summed E-state index contributed by atoms with van der Waals surface area (Å²) in [6.07, 6.45) is -0.772. The van der Waals surface area contributed by atoms with Gasteiger partial charge in [0.05, 0.1) is 13.7 Å². The molecule has 6 nitrogen and oxygen atoms in total. The molecule has 3 rings (SSSR count). The Labute approximate surface area is 145 Å². The van der Waals surface area contributed by atoms with E-state index in [2.05, 4.69) is 10.1 Å². The maximum absolute atomic E-state index is 12.0. The van der Waals surface area contributed by atoms with Gasteiger partial charge in [0.15, 0.2) is 6.04 Å². The molecule has 0 radical (unpaired) electrons. The number of methoxy groups -OCH3 is 1. The number of hydrogen-bond donors (Lipinski definition) is 2. The maximum atomic E-state index is 12.0. The molecule has 25 heavy (non-hydrogen) atoms. The normalized spacial score (nSPS) is 13.5. The minimum absolute atomic E-state index is 0.0659. The van der Waals surface area contributed by atoms with E-state index in [0.29, 0.717) is 0 Å². The lowest BCUT2D eigenvalue weighted by molar-refractivity contribution is -0.144. The molecule has 1 amide bonds. The number of hydrogen-bond acceptors (Lipinski definition) is 5. The van der Waals surface area contributed by atoms with Crippen LogP contribution in [-0.2, 0) is 14.3 Å².